The predicted octanol–water partition coefficient (Wildman–Crippen LogP) is 2.01. The van der Waals surface area contributed by atoms with Gasteiger partial charge >= 0.3 is 5.97 Å². The van der Waals surface area contributed by atoms with Crippen LogP contribution in [0.4, 0.5) is 0 Å². The van der Waals surface area contributed by atoms with E-state index in [1.807, 2.05) is 0 Å². The van der Waals surface area contributed by atoms with Crippen LogP contribution in [0.2, 0.25) is 0 Å². The lowest BCUT2D eigenvalue weighted by Crippen LogP contribution is -2.20. The summed E-state index contributed by atoms with van der Waals surface area (Å²) in [6.07, 6.45) is 0.755. The van der Waals surface area contributed by atoms with Gasteiger partial charge in [0, 0.05) is 12.7 Å². The van der Waals surface area contributed by atoms with Gasteiger partial charge in [0.1, 0.15) is 18.5 Å². The normalized spacial score (nSPS) is 14.1. The van der Waals surface area contributed by atoms with E-state index in [1.165, 1.54) is 7.11 Å². The fraction of sp³-hybridized carbons (Fsp3) is 0.500. The number of carbonyl (C=O) groups is 1. The topological polar surface area (TPSA) is 85.2 Å². The van der Waals surface area contributed by atoms with Crippen LogP contribution in [0.5, 0.6) is 5.75 Å². The number of esters is 1. The molecule has 134 valence electrons. The molecule has 0 radical (unpaired) electrons. The van der Waals surface area contributed by atoms with Crippen LogP contribution in [0.1, 0.15) is 31.9 Å². The van der Waals surface area contributed by atoms with E-state index in [0.29, 0.717) is 29.9 Å². The second kappa shape index (κ2) is 10.8. The fourth-order valence-electron chi connectivity index (χ4n) is 2.11. The number of hydrogen-bond acceptors (Lipinski definition) is 6. The molecule has 0 aromatic heterocycles. The smallest absolute Gasteiger partial charge is 0.333 e. The minimum absolute atomic E-state index is 0.0533. The van der Waals surface area contributed by atoms with Gasteiger partial charge in [-0.25, -0.2) is 4.79 Å². The molecule has 0 heterocycles. The average Bonchev–Trinajstić information content (AvgIpc) is 2.60. The van der Waals surface area contributed by atoms with Crippen molar-refractivity contribution in [2.75, 3.05) is 26.9 Å². The third-order valence-electron chi connectivity index (χ3n) is 3.49. The van der Waals surface area contributed by atoms with Gasteiger partial charge in [0.15, 0.2) is 0 Å². The fourth-order valence-corrected chi connectivity index (χ4v) is 2.11. The summed E-state index contributed by atoms with van der Waals surface area (Å²) in [7, 11) is 1.51. The second-order valence-corrected chi connectivity index (χ2v) is 5.20. The van der Waals surface area contributed by atoms with Gasteiger partial charge in [-0.05, 0) is 38.0 Å². The molecule has 6 nitrogen and oxygen atoms in total. The van der Waals surface area contributed by atoms with E-state index in [9.17, 15) is 9.90 Å². The zero-order valence-electron chi connectivity index (χ0n) is 14.4. The van der Waals surface area contributed by atoms with Gasteiger partial charge < -0.3 is 24.4 Å². The molecule has 2 atom stereocenters. The molecule has 0 unspecified atom stereocenters. The van der Waals surface area contributed by atoms with Gasteiger partial charge in [0.05, 0.1) is 19.3 Å². The van der Waals surface area contributed by atoms with Gasteiger partial charge in [-0.3, -0.25) is 0 Å². The number of ether oxygens (including phenoxy) is 3. The Bertz CT molecular complexity index is 523. The lowest BCUT2D eigenvalue weighted by Gasteiger charge is -2.21. The van der Waals surface area contributed by atoms with Crippen molar-refractivity contribution in [1.29, 1.82) is 0 Å². The van der Waals surface area contributed by atoms with E-state index < -0.39 is 12.2 Å². The summed E-state index contributed by atoms with van der Waals surface area (Å²) < 4.78 is 15.5. The first-order valence-electron chi connectivity index (χ1n) is 7.91. The molecule has 2 N–H and O–H groups in total. The number of benzene rings is 1. The summed E-state index contributed by atoms with van der Waals surface area (Å²) in [6.45, 7) is 3.92. The van der Waals surface area contributed by atoms with E-state index in [-0.39, 0.29) is 19.2 Å². The van der Waals surface area contributed by atoms with E-state index in [0.717, 1.165) is 0 Å². The summed E-state index contributed by atoms with van der Waals surface area (Å²) in [5.74, 6) is 0.249. The van der Waals surface area contributed by atoms with Crippen LogP contribution in [0.3, 0.4) is 0 Å². The number of hydrogen-bond donors (Lipinski definition) is 2. The summed E-state index contributed by atoms with van der Waals surface area (Å²) in [5, 5.41) is 19.2. The number of aliphatic hydroxyl groups excluding tert-OH is 2. The second-order valence-electron chi connectivity index (χ2n) is 5.20. The molecule has 6 heteroatoms. The maximum absolute atomic E-state index is 11.6. The van der Waals surface area contributed by atoms with Gasteiger partial charge in [-0.2, -0.15) is 0 Å². The minimum atomic E-state index is -0.840. The van der Waals surface area contributed by atoms with Gasteiger partial charge in [-0.1, -0.05) is 18.2 Å². The van der Waals surface area contributed by atoms with Crippen LogP contribution in [0, 0.1) is 0 Å². The van der Waals surface area contributed by atoms with Crippen molar-refractivity contribution in [3.05, 3.63) is 41.5 Å². The Labute approximate surface area is 142 Å². The number of methoxy groups -OCH3 is 1. The van der Waals surface area contributed by atoms with Crippen LogP contribution >= 0.6 is 0 Å². The van der Waals surface area contributed by atoms with E-state index in [2.05, 4.69) is 0 Å². The van der Waals surface area contributed by atoms with Crippen molar-refractivity contribution >= 4 is 5.97 Å². The minimum Gasteiger partial charge on any atom is -0.491 e. The molecular formula is C18H26O6. The Kier molecular flexibility index (Phi) is 9.07. The maximum atomic E-state index is 11.6. The molecule has 0 aliphatic rings. The standard InChI is InChI=1S/C18H26O6/c1-4-23-18(21)13(2)5-10-16(22-3)17(20)14-6-8-15(9-7-14)24-12-11-19/h5-9,16-17,19-20H,4,10-12H2,1-3H3/b13-5+/t16-,17-/m1/s1. The van der Waals surface area contributed by atoms with Gasteiger partial charge in [0.25, 0.3) is 0 Å². The third kappa shape index (κ3) is 6.31. The van der Waals surface area contributed by atoms with E-state index in [1.54, 1.807) is 44.2 Å². The first-order chi connectivity index (χ1) is 11.5. The van der Waals surface area contributed by atoms with Crippen LogP contribution in [0.15, 0.2) is 35.9 Å². The Balaban J connectivity index is 2.70. The third-order valence-corrected chi connectivity index (χ3v) is 3.49. The lowest BCUT2D eigenvalue weighted by atomic mass is 10.0. The van der Waals surface area contributed by atoms with Gasteiger partial charge in [-0.15, -0.1) is 0 Å². The van der Waals surface area contributed by atoms with Crippen molar-refractivity contribution in [1.82, 2.24) is 0 Å². The van der Waals surface area contributed by atoms with E-state index in [4.69, 9.17) is 19.3 Å². The first-order valence-corrected chi connectivity index (χ1v) is 7.91. The van der Waals surface area contributed by atoms with Crippen molar-refractivity contribution < 1.29 is 29.2 Å². The molecule has 0 saturated heterocycles. The van der Waals surface area contributed by atoms with Gasteiger partial charge in [0.2, 0.25) is 0 Å². The molecule has 1 rings (SSSR count). The summed E-state index contributed by atoms with van der Waals surface area (Å²) in [6, 6.07) is 6.93. The van der Waals surface area contributed by atoms with Crippen LogP contribution in [-0.4, -0.2) is 49.2 Å². The molecular weight excluding hydrogens is 312 g/mol. The highest BCUT2D eigenvalue weighted by Crippen LogP contribution is 2.24. The highest BCUT2D eigenvalue weighted by molar-refractivity contribution is 5.87. The zero-order valence-corrected chi connectivity index (χ0v) is 14.4. The molecule has 0 amide bonds. The average molecular weight is 338 g/mol. The molecule has 0 aliphatic carbocycles. The van der Waals surface area contributed by atoms with Crippen LogP contribution in [-0.2, 0) is 14.3 Å². The Morgan fingerprint density at radius 2 is 1.96 bits per heavy atom. The van der Waals surface area contributed by atoms with Crippen molar-refractivity contribution in [3.8, 4) is 5.75 Å². The Morgan fingerprint density at radius 1 is 1.29 bits per heavy atom. The van der Waals surface area contributed by atoms with Crippen molar-refractivity contribution in [2.45, 2.75) is 32.5 Å². The monoisotopic (exact) mass is 338 g/mol. The molecule has 0 spiro atoms. The lowest BCUT2D eigenvalue weighted by molar-refractivity contribution is -0.138. The highest BCUT2D eigenvalue weighted by Gasteiger charge is 2.20. The molecule has 24 heavy (non-hydrogen) atoms. The maximum Gasteiger partial charge on any atom is 0.333 e. The summed E-state index contributed by atoms with van der Waals surface area (Å²) >= 11 is 0. The van der Waals surface area contributed by atoms with Crippen molar-refractivity contribution in [3.63, 3.8) is 0 Å². The largest absolute Gasteiger partial charge is 0.491 e. The highest BCUT2D eigenvalue weighted by atomic mass is 16.5. The molecule has 1 aromatic carbocycles. The Hall–Kier alpha value is -1.89. The summed E-state index contributed by atoms with van der Waals surface area (Å²) in [4.78, 5) is 11.6. The molecule has 1 aromatic rings. The number of carbonyl (C=O) groups excluding carboxylic acids is 1. The van der Waals surface area contributed by atoms with Crippen molar-refractivity contribution in [2.24, 2.45) is 0 Å². The molecule has 0 fully saturated rings. The quantitative estimate of drug-likeness (QED) is 0.501. The molecule has 0 saturated carbocycles. The van der Waals surface area contributed by atoms with Crippen LogP contribution in [0.25, 0.3) is 0 Å². The molecule has 0 bridgehead atoms. The van der Waals surface area contributed by atoms with E-state index >= 15 is 0 Å². The predicted molar refractivity (Wildman–Crippen MR) is 89.8 cm³/mol. The summed E-state index contributed by atoms with van der Waals surface area (Å²) in [5.41, 5.74) is 1.17. The zero-order chi connectivity index (χ0) is 17.9. The SMILES string of the molecule is CCOC(=O)/C(C)=C/C[C@@H](OC)[C@H](O)c1ccc(OCCO)cc1. The van der Waals surface area contributed by atoms with Crippen LogP contribution < -0.4 is 4.74 Å². The first kappa shape index (κ1) is 20.2. The number of aliphatic hydroxyl groups is 2. The number of rotatable bonds is 10. The molecule has 0 aliphatic heterocycles. The Morgan fingerprint density at radius 3 is 2.50 bits per heavy atom.